The Labute approximate surface area is 152 Å². The second-order valence-corrected chi connectivity index (χ2v) is 8.87. The van der Waals surface area contributed by atoms with Gasteiger partial charge in [0.05, 0.1) is 10.9 Å². The third kappa shape index (κ3) is 3.86. The molecule has 3 heterocycles. The van der Waals surface area contributed by atoms with Gasteiger partial charge in [0.1, 0.15) is 5.82 Å². The Morgan fingerprint density at radius 3 is 2.92 bits per heavy atom. The van der Waals surface area contributed by atoms with Gasteiger partial charge in [-0.15, -0.1) is 11.8 Å². The van der Waals surface area contributed by atoms with Crippen LogP contribution in [0.15, 0.2) is 24.3 Å². The zero-order valence-electron chi connectivity index (χ0n) is 14.3. The number of benzene rings is 1. The van der Waals surface area contributed by atoms with Gasteiger partial charge in [-0.05, 0) is 43.4 Å². The summed E-state index contributed by atoms with van der Waals surface area (Å²) in [5.74, 6) is 1.20. The van der Waals surface area contributed by atoms with Crippen molar-refractivity contribution in [3.63, 3.8) is 0 Å². The van der Waals surface area contributed by atoms with E-state index in [1.165, 1.54) is 12.1 Å². The Kier molecular flexibility index (Phi) is 5.02. The molecule has 3 fully saturated rings. The predicted octanol–water partition coefficient (Wildman–Crippen LogP) is 2.97. The van der Waals surface area contributed by atoms with E-state index in [9.17, 15) is 9.18 Å². The number of likely N-dealkylation sites (tertiary alicyclic amines) is 1. The average Bonchev–Trinajstić information content (AvgIpc) is 3.04. The van der Waals surface area contributed by atoms with Crippen LogP contribution < -0.4 is 0 Å². The first-order valence-electron chi connectivity index (χ1n) is 9.02. The highest BCUT2D eigenvalue weighted by atomic mass is 32.2. The van der Waals surface area contributed by atoms with E-state index in [1.54, 1.807) is 12.1 Å². The van der Waals surface area contributed by atoms with E-state index in [0.29, 0.717) is 17.6 Å². The third-order valence-electron chi connectivity index (χ3n) is 5.40. The number of ether oxygens (including phenoxy) is 2. The summed E-state index contributed by atoms with van der Waals surface area (Å²) in [6, 6.07) is 5.94. The van der Waals surface area contributed by atoms with Crippen LogP contribution in [-0.2, 0) is 9.47 Å². The maximum atomic E-state index is 13.3. The van der Waals surface area contributed by atoms with Crippen molar-refractivity contribution in [1.82, 2.24) is 4.90 Å². The lowest BCUT2D eigenvalue weighted by Crippen LogP contribution is -2.60. The van der Waals surface area contributed by atoms with Gasteiger partial charge in [-0.1, -0.05) is 6.07 Å². The van der Waals surface area contributed by atoms with Crippen LogP contribution in [0.5, 0.6) is 0 Å². The molecule has 1 aromatic rings. The highest BCUT2D eigenvalue weighted by molar-refractivity contribution is 8.01. The molecule has 3 aliphatic rings. The van der Waals surface area contributed by atoms with E-state index in [2.05, 4.69) is 0 Å². The van der Waals surface area contributed by atoms with Gasteiger partial charge >= 0.3 is 0 Å². The van der Waals surface area contributed by atoms with Crippen LogP contribution >= 0.6 is 11.8 Å². The van der Waals surface area contributed by atoms with Crippen LogP contribution in [0.1, 0.15) is 29.6 Å². The van der Waals surface area contributed by atoms with Crippen molar-refractivity contribution in [2.75, 3.05) is 38.7 Å². The van der Waals surface area contributed by atoms with Crippen molar-refractivity contribution >= 4 is 17.7 Å². The molecule has 1 amide bonds. The van der Waals surface area contributed by atoms with Crippen molar-refractivity contribution in [3.05, 3.63) is 35.6 Å². The summed E-state index contributed by atoms with van der Waals surface area (Å²) in [6.45, 7) is 4.02. The average molecular weight is 365 g/mol. The summed E-state index contributed by atoms with van der Waals surface area (Å²) in [5.41, 5.74) is 0.435. The second kappa shape index (κ2) is 7.25. The van der Waals surface area contributed by atoms with Crippen LogP contribution in [0.25, 0.3) is 0 Å². The number of carbonyl (C=O) groups is 1. The van der Waals surface area contributed by atoms with Crippen LogP contribution in [0.2, 0.25) is 0 Å². The quantitative estimate of drug-likeness (QED) is 0.822. The van der Waals surface area contributed by atoms with Gasteiger partial charge in [0.15, 0.2) is 0 Å². The number of carbonyl (C=O) groups excluding carboxylic acids is 1. The number of halogens is 1. The largest absolute Gasteiger partial charge is 0.381 e. The smallest absolute Gasteiger partial charge is 0.254 e. The van der Waals surface area contributed by atoms with Crippen LogP contribution in [0.4, 0.5) is 4.39 Å². The zero-order chi connectivity index (χ0) is 17.3. The number of hydrogen-bond acceptors (Lipinski definition) is 4. The Bertz CT molecular complexity index is 629. The van der Waals surface area contributed by atoms with Gasteiger partial charge in [0.25, 0.3) is 5.91 Å². The highest BCUT2D eigenvalue weighted by Gasteiger charge is 2.51. The van der Waals surface area contributed by atoms with Crippen molar-refractivity contribution < 1.29 is 18.7 Å². The molecule has 0 aliphatic carbocycles. The van der Waals surface area contributed by atoms with Gasteiger partial charge in [-0.3, -0.25) is 4.79 Å². The molecular weight excluding hydrogens is 341 g/mol. The maximum absolute atomic E-state index is 13.3. The molecule has 0 aromatic heterocycles. The van der Waals surface area contributed by atoms with E-state index >= 15 is 0 Å². The fourth-order valence-electron chi connectivity index (χ4n) is 3.91. The zero-order valence-corrected chi connectivity index (χ0v) is 15.1. The van der Waals surface area contributed by atoms with Crippen molar-refractivity contribution in [1.29, 1.82) is 0 Å². The Morgan fingerprint density at radius 2 is 2.16 bits per heavy atom. The molecular formula is C19H24FNO3S. The van der Waals surface area contributed by atoms with Gasteiger partial charge in [-0.2, -0.15) is 0 Å². The topological polar surface area (TPSA) is 38.8 Å². The van der Waals surface area contributed by atoms with E-state index < -0.39 is 0 Å². The summed E-state index contributed by atoms with van der Waals surface area (Å²) in [5, 5.41) is 0. The normalized spacial score (nSPS) is 26.0. The second-order valence-electron chi connectivity index (χ2n) is 7.38. The predicted molar refractivity (Wildman–Crippen MR) is 95.4 cm³/mol. The molecule has 6 heteroatoms. The lowest BCUT2D eigenvalue weighted by atomic mass is 9.92. The molecule has 4 nitrogen and oxygen atoms in total. The van der Waals surface area contributed by atoms with Crippen molar-refractivity contribution in [3.8, 4) is 0 Å². The number of thioether (sulfide) groups is 1. The molecule has 3 saturated heterocycles. The fraction of sp³-hybridized carbons (Fsp3) is 0.632. The first-order chi connectivity index (χ1) is 12.1. The van der Waals surface area contributed by atoms with Gasteiger partial charge < -0.3 is 14.4 Å². The summed E-state index contributed by atoms with van der Waals surface area (Å²) < 4.78 is 25.0. The summed E-state index contributed by atoms with van der Waals surface area (Å²) in [6.07, 6.45) is 3.50. The minimum atomic E-state index is -0.363. The van der Waals surface area contributed by atoms with Gasteiger partial charge in [0, 0.05) is 44.2 Å². The van der Waals surface area contributed by atoms with Gasteiger partial charge in [0.2, 0.25) is 0 Å². The van der Waals surface area contributed by atoms with E-state index in [-0.39, 0.29) is 16.5 Å². The highest BCUT2D eigenvalue weighted by Crippen LogP contribution is 2.46. The molecule has 0 saturated carbocycles. The van der Waals surface area contributed by atoms with Crippen molar-refractivity contribution in [2.45, 2.75) is 30.1 Å². The molecule has 4 rings (SSSR count). The molecule has 1 unspecified atom stereocenters. The Morgan fingerprint density at radius 1 is 1.36 bits per heavy atom. The third-order valence-corrected chi connectivity index (χ3v) is 6.98. The van der Waals surface area contributed by atoms with Crippen LogP contribution in [0, 0.1) is 11.7 Å². The number of rotatable bonds is 4. The molecule has 1 atom stereocenters. The van der Waals surface area contributed by atoms with Gasteiger partial charge in [-0.25, -0.2) is 4.39 Å². The molecule has 3 aliphatic heterocycles. The van der Waals surface area contributed by atoms with Crippen molar-refractivity contribution in [2.24, 2.45) is 5.92 Å². The first-order valence-corrected chi connectivity index (χ1v) is 10.0. The van der Waals surface area contributed by atoms with E-state index in [1.807, 2.05) is 16.7 Å². The summed E-state index contributed by atoms with van der Waals surface area (Å²) in [7, 11) is 0. The molecule has 1 spiro atoms. The first kappa shape index (κ1) is 17.3. The molecule has 0 radical (unpaired) electrons. The summed E-state index contributed by atoms with van der Waals surface area (Å²) in [4.78, 5) is 14.3. The standard InChI is InChI=1S/C19H24FNO3S/c20-16-3-1-2-15(8-16)18(22)21-12-19(13-21)9-17(11-25-19)24-10-14-4-6-23-7-5-14/h1-3,8,14,17H,4-7,9-13H2. The maximum Gasteiger partial charge on any atom is 0.254 e. The van der Waals surface area contributed by atoms with E-state index in [0.717, 1.165) is 57.9 Å². The molecule has 0 bridgehead atoms. The lowest BCUT2D eigenvalue weighted by molar-refractivity contribution is -0.0118. The van der Waals surface area contributed by atoms with Crippen LogP contribution in [0.3, 0.4) is 0 Å². The molecule has 136 valence electrons. The SMILES string of the molecule is O=C(c1cccc(F)c1)N1CC2(CC(OCC3CCOCC3)CS2)C1. The number of nitrogens with zero attached hydrogens (tertiary/aromatic N) is 1. The lowest BCUT2D eigenvalue weighted by Gasteiger charge is -2.47. The monoisotopic (exact) mass is 365 g/mol. The minimum absolute atomic E-state index is 0.0719. The number of hydrogen-bond donors (Lipinski definition) is 0. The summed E-state index contributed by atoms with van der Waals surface area (Å²) >= 11 is 1.93. The van der Waals surface area contributed by atoms with Crippen LogP contribution in [-0.4, -0.2) is 60.3 Å². The minimum Gasteiger partial charge on any atom is -0.381 e. The molecule has 0 N–H and O–H groups in total. The number of amides is 1. The Balaban J connectivity index is 1.25. The fourth-order valence-corrected chi connectivity index (χ4v) is 5.46. The van der Waals surface area contributed by atoms with E-state index in [4.69, 9.17) is 9.47 Å². The molecule has 1 aromatic carbocycles. The Hall–Kier alpha value is -1.11. The molecule has 25 heavy (non-hydrogen) atoms.